The van der Waals surface area contributed by atoms with Crippen molar-refractivity contribution in [1.82, 2.24) is 10.6 Å². The summed E-state index contributed by atoms with van der Waals surface area (Å²) in [6.07, 6.45) is 3.87. The SMILES string of the molecule is CC(C)(C)OC(=O)NC1CCC(NCC2COC(C)(C)O2)CC1. The molecule has 1 aliphatic heterocycles. The number of alkyl carbamates (subject to hydrolysis) is 1. The highest BCUT2D eigenvalue weighted by Gasteiger charge is 2.33. The Morgan fingerprint density at radius 1 is 1.17 bits per heavy atom. The maximum absolute atomic E-state index is 11.8. The van der Waals surface area contributed by atoms with Gasteiger partial charge in [0, 0.05) is 18.6 Å². The van der Waals surface area contributed by atoms with E-state index in [9.17, 15) is 4.79 Å². The van der Waals surface area contributed by atoms with Gasteiger partial charge in [-0.1, -0.05) is 0 Å². The number of hydrogen-bond acceptors (Lipinski definition) is 5. The molecule has 6 heteroatoms. The van der Waals surface area contributed by atoms with E-state index < -0.39 is 11.4 Å². The highest BCUT2D eigenvalue weighted by molar-refractivity contribution is 5.68. The lowest BCUT2D eigenvalue weighted by atomic mass is 9.91. The van der Waals surface area contributed by atoms with Crippen molar-refractivity contribution in [2.45, 2.75) is 89.9 Å². The number of carbonyl (C=O) groups is 1. The summed E-state index contributed by atoms with van der Waals surface area (Å²) < 4.78 is 16.7. The zero-order chi connectivity index (χ0) is 17.1. The Morgan fingerprint density at radius 2 is 1.78 bits per heavy atom. The van der Waals surface area contributed by atoms with Crippen LogP contribution in [-0.4, -0.2) is 48.8 Å². The van der Waals surface area contributed by atoms with Gasteiger partial charge >= 0.3 is 6.09 Å². The molecule has 1 atom stereocenters. The Labute approximate surface area is 139 Å². The summed E-state index contributed by atoms with van der Waals surface area (Å²) >= 11 is 0. The Bertz CT molecular complexity index is 398. The second kappa shape index (κ2) is 7.36. The van der Waals surface area contributed by atoms with Crippen molar-refractivity contribution in [3.8, 4) is 0 Å². The van der Waals surface area contributed by atoms with Crippen LogP contribution in [0.3, 0.4) is 0 Å². The number of amides is 1. The van der Waals surface area contributed by atoms with E-state index in [1.54, 1.807) is 0 Å². The summed E-state index contributed by atoms with van der Waals surface area (Å²) in [5.41, 5.74) is -0.444. The molecule has 1 amide bonds. The lowest BCUT2D eigenvalue weighted by molar-refractivity contribution is -0.137. The molecule has 1 saturated carbocycles. The average molecular weight is 328 g/mol. The summed E-state index contributed by atoms with van der Waals surface area (Å²) in [5.74, 6) is -0.457. The van der Waals surface area contributed by atoms with Crippen molar-refractivity contribution >= 4 is 6.09 Å². The van der Waals surface area contributed by atoms with Crippen LogP contribution in [-0.2, 0) is 14.2 Å². The maximum Gasteiger partial charge on any atom is 0.407 e. The quantitative estimate of drug-likeness (QED) is 0.830. The molecule has 2 N–H and O–H groups in total. The maximum atomic E-state index is 11.8. The summed E-state index contributed by atoms with van der Waals surface area (Å²) in [7, 11) is 0. The van der Waals surface area contributed by atoms with Crippen LogP contribution in [0.4, 0.5) is 4.79 Å². The van der Waals surface area contributed by atoms with E-state index in [2.05, 4.69) is 10.6 Å². The van der Waals surface area contributed by atoms with Gasteiger partial charge in [0.25, 0.3) is 0 Å². The Morgan fingerprint density at radius 3 is 2.30 bits per heavy atom. The zero-order valence-corrected chi connectivity index (χ0v) is 15.1. The van der Waals surface area contributed by atoms with Gasteiger partial charge in [0.1, 0.15) is 5.60 Å². The topological polar surface area (TPSA) is 68.8 Å². The minimum Gasteiger partial charge on any atom is -0.444 e. The lowest BCUT2D eigenvalue weighted by Gasteiger charge is -2.31. The van der Waals surface area contributed by atoms with Gasteiger partial charge in [-0.2, -0.15) is 0 Å². The predicted octanol–water partition coefficient (Wildman–Crippen LogP) is 2.56. The van der Waals surface area contributed by atoms with Crippen LogP contribution in [0.15, 0.2) is 0 Å². The van der Waals surface area contributed by atoms with Gasteiger partial charge in [-0.15, -0.1) is 0 Å². The van der Waals surface area contributed by atoms with Gasteiger partial charge in [-0.3, -0.25) is 0 Å². The van der Waals surface area contributed by atoms with E-state index in [1.807, 2.05) is 34.6 Å². The molecular formula is C17H32N2O4. The molecule has 0 aromatic carbocycles. The van der Waals surface area contributed by atoms with Crippen molar-refractivity contribution in [1.29, 1.82) is 0 Å². The van der Waals surface area contributed by atoms with Crippen LogP contribution >= 0.6 is 0 Å². The van der Waals surface area contributed by atoms with Crippen LogP contribution < -0.4 is 10.6 Å². The molecule has 1 heterocycles. The molecule has 134 valence electrons. The first-order valence-electron chi connectivity index (χ1n) is 8.68. The molecule has 2 aliphatic rings. The average Bonchev–Trinajstić information content (AvgIpc) is 2.75. The molecule has 2 fully saturated rings. The van der Waals surface area contributed by atoms with Crippen LogP contribution in [0, 0.1) is 0 Å². The monoisotopic (exact) mass is 328 g/mol. The van der Waals surface area contributed by atoms with Crippen molar-refractivity contribution in [3.05, 3.63) is 0 Å². The van der Waals surface area contributed by atoms with Gasteiger partial charge in [0.15, 0.2) is 5.79 Å². The van der Waals surface area contributed by atoms with E-state index in [0.717, 1.165) is 32.2 Å². The molecular weight excluding hydrogens is 296 g/mol. The number of carbonyl (C=O) groups excluding carboxylic acids is 1. The summed E-state index contributed by atoms with van der Waals surface area (Å²) in [6, 6.07) is 0.701. The molecule has 0 spiro atoms. The molecule has 0 radical (unpaired) electrons. The first-order chi connectivity index (χ1) is 10.6. The molecule has 0 aromatic rings. The molecule has 23 heavy (non-hydrogen) atoms. The highest BCUT2D eigenvalue weighted by atomic mass is 16.7. The largest absolute Gasteiger partial charge is 0.444 e. The summed E-state index contributed by atoms with van der Waals surface area (Å²) in [4.78, 5) is 11.8. The van der Waals surface area contributed by atoms with Crippen molar-refractivity contribution in [3.63, 3.8) is 0 Å². The van der Waals surface area contributed by atoms with Gasteiger partial charge in [0.2, 0.25) is 0 Å². The normalized spacial score (nSPS) is 30.9. The first kappa shape index (κ1) is 18.5. The Balaban J connectivity index is 1.62. The number of rotatable bonds is 4. The fourth-order valence-corrected chi connectivity index (χ4v) is 3.08. The fraction of sp³-hybridized carbons (Fsp3) is 0.941. The van der Waals surface area contributed by atoms with E-state index in [4.69, 9.17) is 14.2 Å². The minimum absolute atomic E-state index is 0.127. The fourth-order valence-electron chi connectivity index (χ4n) is 3.08. The van der Waals surface area contributed by atoms with E-state index in [1.165, 1.54) is 0 Å². The third-order valence-corrected chi connectivity index (χ3v) is 4.15. The Kier molecular flexibility index (Phi) is 5.92. The van der Waals surface area contributed by atoms with Gasteiger partial charge in [-0.25, -0.2) is 4.79 Å². The molecule has 1 saturated heterocycles. The second-order valence-electron chi connectivity index (χ2n) is 8.05. The van der Waals surface area contributed by atoms with E-state index in [-0.39, 0.29) is 18.2 Å². The van der Waals surface area contributed by atoms with Gasteiger partial charge in [-0.05, 0) is 60.3 Å². The van der Waals surface area contributed by atoms with Crippen LogP contribution in [0.25, 0.3) is 0 Å². The minimum atomic E-state index is -0.457. The molecule has 0 bridgehead atoms. The van der Waals surface area contributed by atoms with E-state index >= 15 is 0 Å². The van der Waals surface area contributed by atoms with Gasteiger partial charge in [0.05, 0.1) is 12.7 Å². The van der Waals surface area contributed by atoms with E-state index in [0.29, 0.717) is 12.6 Å². The zero-order valence-electron chi connectivity index (χ0n) is 15.1. The Hall–Kier alpha value is -0.850. The predicted molar refractivity (Wildman–Crippen MR) is 88.3 cm³/mol. The molecule has 1 unspecified atom stereocenters. The third-order valence-electron chi connectivity index (χ3n) is 4.15. The van der Waals surface area contributed by atoms with Crippen molar-refractivity contribution in [2.75, 3.05) is 13.2 Å². The molecule has 1 aliphatic carbocycles. The summed E-state index contributed by atoms with van der Waals surface area (Å²) in [5, 5.41) is 6.53. The molecule has 2 rings (SSSR count). The smallest absolute Gasteiger partial charge is 0.407 e. The van der Waals surface area contributed by atoms with Crippen LogP contribution in [0.2, 0.25) is 0 Å². The van der Waals surface area contributed by atoms with Crippen molar-refractivity contribution in [2.24, 2.45) is 0 Å². The summed E-state index contributed by atoms with van der Waals surface area (Å²) in [6.45, 7) is 11.0. The number of hydrogen-bond donors (Lipinski definition) is 2. The van der Waals surface area contributed by atoms with Crippen LogP contribution in [0.5, 0.6) is 0 Å². The highest BCUT2D eigenvalue weighted by Crippen LogP contribution is 2.23. The van der Waals surface area contributed by atoms with Crippen molar-refractivity contribution < 1.29 is 19.0 Å². The molecule has 0 aromatic heterocycles. The standard InChI is InChI=1S/C17H32N2O4/c1-16(2,3)23-15(20)19-13-8-6-12(7-9-13)18-10-14-11-21-17(4,5)22-14/h12-14,18H,6-11H2,1-5H3,(H,19,20). The third kappa shape index (κ3) is 6.65. The second-order valence-corrected chi connectivity index (χ2v) is 8.05. The lowest BCUT2D eigenvalue weighted by Crippen LogP contribution is -2.45. The number of nitrogens with one attached hydrogen (secondary N) is 2. The number of ether oxygens (including phenoxy) is 3. The first-order valence-corrected chi connectivity index (χ1v) is 8.68. The van der Waals surface area contributed by atoms with Gasteiger partial charge < -0.3 is 24.8 Å². The van der Waals surface area contributed by atoms with Crippen LogP contribution in [0.1, 0.15) is 60.3 Å². The molecule has 6 nitrogen and oxygen atoms in total.